The van der Waals surface area contributed by atoms with Gasteiger partial charge in [-0.3, -0.25) is 9.59 Å². The fourth-order valence-corrected chi connectivity index (χ4v) is 3.86. The molecule has 1 unspecified atom stereocenters. The minimum absolute atomic E-state index is 0.0350. The van der Waals surface area contributed by atoms with Crippen molar-refractivity contribution in [3.63, 3.8) is 0 Å². The van der Waals surface area contributed by atoms with Crippen molar-refractivity contribution in [2.45, 2.75) is 31.7 Å². The number of rotatable bonds is 7. The van der Waals surface area contributed by atoms with E-state index < -0.39 is 0 Å². The van der Waals surface area contributed by atoms with Gasteiger partial charge in [-0.25, -0.2) is 0 Å². The summed E-state index contributed by atoms with van der Waals surface area (Å²) in [6, 6.07) is 5.42. The molecule has 3 rings (SSSR count). The Morgan fingerprint density at radius 1 is 1.15 bits per heavy atom. The zero-order chi connectivity index (χ0) is 19.2. The van der Waals surface area contributed by atoms with Crippen LogP contribution in [0.5, 0.6) is 11.5 Å². The number of ether oxygens (including phenoxy) is 2. The first-order valence-corrected chi connectivity index (χ1v) is 9.67. The molecule has 0 saturated carbocycles. The number of methoxy groups -OCH3 is 1. The van der Waals surface area contributed by atoms with E-state index >= 15 is 0 Å². The number of likely N-dealkylation sites (N-methyl/N-ethyl adjacent to an activating group) is 1. The molecule has 2 fully saturated rings. The molecule has 2 amide bonds. The number of carbonyl (C=O) groups is 2. The molecule has 2 aliphatic rings. The second kappa shape index (κ2) is 9.08. The van der Waals surface area contributed by atoms with Gasteiger partial charge in [0.15, 0.2) is 18.1 Å². The lowest BCUT2D eigenvalue weighted by Gasteiger charge is -2.28. The summed E-state index contributed by atoms with van der Waals surface area (Å²) in [6.07, 6.45) is 4.63. The third kappa shape index (κ3) is 4.71. The number of benzene rings is 1. The van der Waals surface area contributed by atoms with Crippen molar-refractivity contribution in [3.8, 4) is 11.5 Å². The normalized spacial score (nSPS) is 19.9. The summed E-state index contributed by atoms with van der Waals surface area (Å²) in [5.41, 5.74) is 0.590. The van der Waals surface area contributed by atoms with Gasteiger partial charge in [-0.2, -0.15) is 0 Å². The molecule has 0 bridgehead atoms. The van der Waals surface area contributed by atoms with E-state index in [0.717, 1.165) is 39.0 Å². The summed E-state index contributed by atoms with van der Waals surface area (Å²) in [4.78, 5) is 28.9. The van der Waals surface area contributed by atoms with E-state index in [1.54, 1.807) is 25.2 Å². The van der Waals surface area contributed by atoms with Crippen LogP contribution >= 0.6 is 0 Å². The first kappa shape index (κ1) is 19.5. The lowest BCUT2D eigenvalue weighted by Crippen LogP contribution is -2.42. The largest absolute Gasteiger partial charge is 0.493 e. The van der Waals surface area contributed by atoms with Crippen LogP contribution in [-0.4, -0.2) is 74.6 Å². The summed E-state index contributed by atoms with van der Waals surface area (Å²) in [6.45, 7) is 3.96. The minimum atomic E-state index is -0.223. The van der Waals surface area contributed by atoms with Crippen LogP contribution in [0, 0.1) is 0 Å². The third-order valence-corrected chi connectivity index (χ3v) is 5.35. The average molecular weight is 375 g/mol. The van der Waals surface area contributed by atoms with E-state index in [9.17, 15) is 9.59 Å². The number of nitrogens with zero attached hydrogens (tertiary/aromatic N) is 2. The number of likely N-dealkylation sites (tertiary alicyclic amines) is 2. The molecule has 148 valence electrons. The Morgan fingerprint density at radius 3 is 2.63 bits per heavy atom. The van der Waals surface area contributed by atoms with Gasteiger partial charge in [-0.05, 0) is 57.0 Å². The zero-order valence-electron chi connectivity index (χ0n) is 16.2. The Hall–Kier alpha value is -2.28. The van der Waals surface area contributed by atoms with Crippen molar-refractivity contribution < 1.29 is 19.1 Å². The minimum Gasteiger partial charge on any atom is -0.493 e. The third-order valence-electron chi connectivity index (χ3n) is 5.35. The lowest BCUT2D eigenvalue weighted by atomic mass is 10.1. The second-order valence-corrected chi connectivity index (χ2v) is 7.13. The zero-order valence-corrected chi connectivity index (χ0v) is 16.2. The van der Waals surface area contributed by atoms with Gasteiger partial charge in [0.25, 0.3) is 11.8 Å². The molecule has 1 aromatic carbocycles. The van der Waals surface area contributed by atoms with Gasteiger partial charge in [0.2, 0.25) is 0 Å². The van der Waals surface area contributed by atoms with Crippen molar-refractivity contribution in [3.05, 3.63) is 23.8 Å². The van der Waals surface area contributed by atoms with Crippen LogP contribution in [0.25, 0.3) is 0 Å². The van der Waals surface area contributed by atoms with Crippen LogP contribution in [0.2, 0.25) is 0 Å². The fraction of sp³-hybridized carbons (Fsp3) is 0.600. The van der Waals surface area contributed by atoms with E-state index in [-0.39, 0.29) is 24.5 Å². The van der Waals surface area contributed by atoms with Crippen LogP contribution in [0.4, 0.5) is 0 Å². The average Bonchev–Trinajstić information content (AvgIpc) is 3.37. The first-order valence-electron chi connectivity index (χ1n) is 9.67. The molecular formula is C20H29N3O4. The van der Waals surface area contributed by atoms with Gasteiger partial charge in [0.05, 0.1) is 7.11 Å². The smallest absolute Gasteiger partial charge is 0.257 e. The Morgan fingerprint density at radius 2 is 1.93 bits per heavy atom. The van der Waals surface area contributed by atoms with Crippen molar-refractivity contribution >= 4 is 11.8 Å². The second-order valence-electron chi connectivity index (χ2n) is 7.13. The molecule has 2 heterocycles. The van der Waals surface area contributed by atoms with Gasteiger partial charge < -0.3 is 24.6 Å². The van der Waals surface area contributed by atoms with Gasteiger partial charge in [0, 0.05) is 31.7 Å². The number of hydrogen-bond donors (Lipinski definition) is 1. The molecule has 27 heavy (non-hydrogen) atoms. The highest BCUT2D eigenvalue weighted by molar-refractivity contribution is 5.95. The van der Waals surface area contributed by atoms with Crippen LogP contribution in [0.3, 0.4) is 0 Å². The maximum absolute atomic E-state index is 13.1. The molecule has 1 atom stereocenters. The summed E-state index contributed by atoms with van der Waals surface area (Å²) in [5, 5.41) is 2.50. The molecule has 1 N–H and O–H groups in total. The van der Waals surface area contributed by atoms with E-state index in [4.69, 9.17) is 9.47 Å². The van der Waals surface area contributed by atoms with Crippen LogP contribution < -0.4 is 14.8 Å². The van der Waals surface area contributed by atoms with Crippen LogP contribution in [0.15, 0.2) is 18.2 Å². The number of carbonyl (C=O) groups excluding carboxylic acids is 2. The molecule has 7 nitrogen and oxygen atoms in total. The van der Waals surface area contributed by atoms with Gasteiger partial charge >= 0.3 is 0 Å². The lowest BCUT2D eigenvalue weighted by molar-refractivity contribution is -0.122. The van der Waals surface area contributed by atoms with Gasteiger partial charge in [-0.1, -0.05) is 0 Å². The summed E-state index contributed by atoms with van der Waals surface area (Å²) >= 11 is 0. The van der Waals surface area contributed by atoms with Crippen molar-refractivity contribution in [2.24, 2.45) is 0 Å². The highest BCUT2D eigenvalue weighted by atomic mass is 16.5. The molecule has 7 heteroatoms. The monoisotopic (exact) mass is 375 g/mol. The molecule has 1 aromatic rings. The Bertz CT molecular complexity index is 673. The molecule has 0 spiro atoms. The molecule has 2 aliphatic heterocycles. The SMILES string of the molecule is CNC(=O)COc1ccc(C(=O)N2CCCC2CN2CCCC2)cc1OC. The fourth-order valence-electron chi connectivity index (χ4n) is 3.86. The van der Waals surface area contributed by atoms with Crippen molar-refractivity contribution in [1.29, 1.82) is 0 Å². The molecule has 0 aliphatic carbocycles. The first-order chi connectivity index (χ1) is 13.1. The predicted molar refractivity (Wildman–Crippen MR) is 102 cm³/mol. The Kier molecular flexibility index (Phi) is 6.55. The standard InChI is InChI=1S/C20H29N3O4/c1-21-19(24)14-27-17-8-7-15(12-18(17)26-2)20(25)23-11-5-6-16(23)13-22-9-3-4-10-22/h7-8,12,16H,3-6,9-11,13-14H2,1-2H3,(H,21,24). The highest BCUT2D eigenvalue weighted by Crippen LogP contribution is 2.30. The van der Waals surface area contributed by atoms with Crippen LogP contribution in [0.1, 0.15) is 36.0 Å². The topological polar surface area (TPSA) is 71.1 Å². The number of amides is 2. The predicted octanol–water partition coefficient (Wildman–Crippen LogP) is 1.52. The molecule has 0 aromatic heterocycles. The van der Waals surface area contributed by atoms with E-state index in [0.29, 0.717) is 17.1 Å². The Balaban J connectivity index is 1.68. The number of nitrogens with one attached hydrogen (secondary N) is 1. The van der Waals surface area contributed by atoms with Crippen LogP contribution in [-0.2, 0) is 4.79 Å². The van der Waals surface area contributed by atoms with Gasteiger partial charge in [-0.15, -0.1) is 0 Å². The maximum atomic E-state index is 13.1. The van der Waals surface area contributed by atoms with Gasteiger partial charge in [0.1, 0.15) is 0 Å². The number of hydrogen-bond acceptors (Lipinski definition) is 5. The maximum Gasteiger partial charge on any atom is 0.257 e. The summed E-state index contributed by atoms with van der Waals surface area (Å²) in [5.74, 6) is 0.722. The highest BCUT2D eigenvalue weighted by Gasteiger charge is 2.31. The molecule has 0 radical (unpaired) electrons. The van der Waals surface area contributed by atoms with E-state index in [1.807, 2.05) is 4.90 Å². The van der Waals surface area contributed by atoms with Crippen molar-refractivity contribution in [2.75, 3.05) is 46.9 Å². The molecule has 2 saturated heterocycles. The Labute approximate surface area is 160 Å². The van der Waals surface area contributed by atoms with E-state index in [2.05, 4.69) is 10.2 Å². The quantitative estimate of drug-likeness (QED) is 0.782. The van der Waals surface area contributed by atoms with Crippen molar-refractivity contribution in [1.82, 2.24) is 15.1 Å². The summed E-state index contributed by atoms with van der Waals surface area (Å²) in [7, 11) is 3.08. The molecular weight excluding hydrogens is 346 g/mol. The summed E-state index contributed by atoms with van der Waals surface area (Å²) < 4.78 is 10.8. The van der Waals surface area contributed by atoms with E-state index in [1.165, 1.54) is 20.0 Å².